The topological polar surface area (TPSA) is 60.1 Å². The van der Waals surface area contributed by atoms with Crippen molar-refractivity contribution < 1.29 is 18.0 Å². The molecule has 2 fully saturated rings. The fourth-order valence-corrected chi connectivity index (χ4v) is 4.95. The van der Waals surface area contributed by atoms with E-state index in [4.69, 9.17) is 0 Å². The van der Waals surface area contributed by atoms with Gasteiger partial charge >= 0.3 is 11.9 Å². The molecule has 0 N–H and O–H groups in total. The summed E-state index contributed by atoms with van der Waals surface area (Å²) in [5.41, 5.74) is -0.287. The predicted octanol–water partition coefficient (Wildman–Crippen LogP) is 2.91. The number of carbonyl (C=O) groups excluding carboxylic acids is 1. The molecular formula is C19H27F3N4O2. The summed E-state index contributed by atoms with van der Waals surface area (Å²) in [7, 11) is 0. The predicted molar refractivity (Wildman–Crippen MR) is 95.8 cm³/mol. The molecule has 3 heterocycles. The van der Waals surface area contributed by atoms with Gasteiger partial charge in [0.1, 0.15) is 11.9 Å². The number of rotatable bonds is 3. The molecule has 1 atom stereocenters. The Kier molecular flexibility index (Phi) is 5.26. The largest absolute Gasteiger partial charge is 0.391 e. The SMILES string of the molecule is O=C([C@H]1CCCc2nn(CC3CCC(C(F)(F)F)CC3)c(=O)n21)N1CCCC1. The van der Waals surface area contributed by atoms with Gasteiger partial charge in [0.2, 0.25) is 5.91 Å². The van der Waals surface area contributed by atoms with Gasteiger partial charge in [0.25, 0.3) is 0 Å². The first kappa shape index (κ1) is 19.5. The van der Waals surface area contributed by atoms with Crippen molar-refractivity contribution in [2.24, 2.45) is 11.8 Å². The molecule has 1 amide bonds. The number of carbonyl (C=O) groups is 1. The molecule has 0 aromatic carbocycles. The average molecular weight is 400 g/mol. The fourth-order valence-electron chi connectivity index (χ4n) is 4.95. The van der Waals surface area contributed by atoms with Crippen LogP contribution in [0.5, 0.6) is 0 Å². The molecule has 3 aliphatic rings. The number of amides is 1. The maximum Gasteiger partial charge on any atom is 0.391 e. The first-order valence-electron chi connectivity index (χ1n) is 10.4. The third kappa shape index (κ3) is 3.72. The Hall–Kier alpha value is -1.80. The van der Waals surface area contributed by atoms with Crippen molar-refractivity contribution in [1.82, 2.24) is 19.2 Å². The number of alkyl halides is 3. The van der Waals surface area contributed by atoms with Crippen LogP contribution in [0.25, 0.3) is 0 Å². The van der Waals surface area contributed by atoms with Crippen LogP contribution in [0.1, 0.15) is 63.2 Å². The van der Waals surface area contributed by atoms with Crippen molar-refractivity contribution in [3.63, 3.8) is 0 Å². The van der Waals surface area contributed by atoms with Crippen LogP contribution in [-0.2, 0) is 17.8 Å². The van der Waals surface area contributed by atoms with E-state index in [1.807, 2.05) is 4.90 Å². The van der Waals surface area contributed by atoms with E-state index in [0.29, 0.717) is 38.1 Å². The minimum Gasteiger partial charge on any atom is -0.341 e. The Balaban J connectivity index is 1.47. The third-order valence-electron chi connectivity index (χ3n) is 6.57. The second-order valence-electron chi connectivity index (χ2n) is 8.45. The van der Waals surface area contributed by atoms with Crippen molar-refractivity contribution in [3.05, 3.63) is 16.3 Å². The van der Waals surface area contributed by atoms with Gasteiger partial charge in [-0.15, -0.1) is 0 Å². The number of hydrogen-bond donors (Lipinski definition) is 0. The molecule has 0 bridgehead atoms. The highest BCUT2D eigenvalue weighted by Gasteiger charge is 2.41. The maximum atomic E-state index is 13.0. The van der Waals surface area contributed by atoms with E-state index in [9.17, 15) is 22.8 Å². The van der Waals surface area contributed by atoms with Crippen LogP contribution in [0.15, 0.2) is 4.79 Å². The lowest BCUT2D eigenvalue weighted by Crippen LogP contribution is -2.41. The Morgan fingerprint density at radius 2 is 1.71 bits per heavy atom. The molecule has 2 aliphatic heterocycles. The summed E-state index contributed by atoms with van der Waals surface area (Å²) >= 11 is 0. The molecule has 0 spiro atoms. The number of halogens is 3. The van der Waals surface area contributed by atoms with Gasteiger partial charge in [-0.2, -0.15) is 18.3 Å². The molecule has 1 saturated carbocycles. The fraction of sp³-hybridized carbons (Fsp3) is 0.842. The van der Waals surface area contributed by atoms with Crippen LogP contribution in [0.3, 0.4) is 0 Å². The van der Waals surface area contributed by atoms with Gasteiger partial charge in [0, 0.05) is 26.1 Å². The zero-order valence-corrected chi connectivity index (χ0v) is 16.0. The number of aryl methyl sites for hydroxylation is 1. The molecule has 9 heteroatoms. The van der Waals surface area contributed by atoms with Crippen LogP contribution in [0.2, 0.25) is 0 Å². The van der Waals surface area contributed by atoms with E-state index in [1.54, 1.807) is 4.57 Å². The van der Waals surface area contributed by atoms with Crippen molar-refractivity contribution in [1.29, 1.82) is 0 Å². The van der Waals surface area contributed by atoms with Crippen LogP contribution in [-0.4, -0.2) is 44.4 Å². The summed E-state index contributed by atoms with van der Waals surface area (Å²) in [6.07, 6.45) is 1.14. The Labute approximate surface area is 161 Å². The van der Waals surface area contributed by atoms with E-state index in [-0.39, 0.29) is 30.4 Å². The third-order valence-corrected chi connectivity index (χ3v) is 6.57. The quantitative estimate of drug-likeness (QED) is 0.784. The second-order valence-corrected chi connectivity index (χ2v) is 8.45. The van der Waals surface area contributed by atoms with E-state index < -0.39 is 18.1 Å². The van der Waals surface area contributed by atoms with E-state index in [2.05, 4.69) is 5.10 Å². The molecule has 28 heavy (non-hydrogen) atoms. The lowest BCUT2D eigenvalue weighted by Gasteiger charge is -2.29. The summed E-state index contributed by atoms with van der Waals surface area (Å²) in [4.78, 5) is 27.7. The minimum absolute atomic E-state index is 0.00536. The van der Waals surface area contributed by atoms with Crippen LogP contribution >= 0.6 is 0 Å². The molecule has 4 rings (SSSR count). The number of hydrogen-bond acceptors (Lipinski definition) is 3. The number of nitrogens with zero attached hydrogens (tertiary/aromatic N) is 4. The monoisotopic (exact) mass is 400 g/mol. The van der Waals surface area contributed by atoms with Gasteiger partial charge in [-0.25, -0.2) is 9.48 Å². The van der Waals surface area contributed by atoms with Gasteiger partial charge in [0.05, 0.1) is 5.92 Å². The maximum absolute atomic E-state index is 13.0. The van der Waals surface area contributed by atoms with Crippen molar-refractivity contribution in [3.8, 4) is 0 Å². The van der Waals surface area contributed by atoms with E-state index >= 15 is 0 Å². The van der Waals surface area contributed by atoms with Gasteiger partial charge < -0.3 is 4.90 Å². The smallest absolute Gasteiger partial charge is 0.341 e. The summed E-state index contributed by atoms with van der Waals surface area (Å²) in [6.45, 7) is 1.83. The molecular weight excluding hydrogens is 373 g/mol. The van der Waals surface area contributed by atoms with Crippen molar-refractivity contribution >= 4 is 5.91 Å². The minimum atomic E-state index is -4.13. The number of likely N-dealkylation sites (tertiary alicyclic amines) is 1. The molecule has 0 radical (unpaired) electrons. The summed E-state index contributed by atoms with van der Waals surface area (Å²) < 4.78 is 41.5. The summed E-state index contributed by atoms with van der Waals surface area (Å²) in [5, 5.41) is 4.45. The molecule has 1 saturated heterocycles. The van der Waals surface area contributed by atoms with Crippen molar-refractivity contribution in [2.75, 3.05) is 13.1 Å². The lowest BCUT2D eigenvalue weighted by atomic mass is 9.81. The number of aromatic nitrogens is 3. The summed E-state index contributed by atoms with van der Waals surface area (Å²) in [6, 6.07) is -0.482. The Bertz CT molecular complexity index is 771. The first-order chi connectivity index (χ1) is 13.3. The van der Waals surface area contributed by atoms with Gasteiger partial charge in [-0.1, -0.05) is 0 Å². The molecule has 156 valence electrons. The molecule has 1 aliphatic carbocycles. The van der Waals surface area contributed by atoms with Gasteiger partial charge in [-0.05, 0) is 57.3 Å². The zero-order valence-electron chi connectivity index (χ0n) is 16.0. The highest BCUT2D eigenvalue weighted by molar-refractivity contribution is 5.80. The van der Waals surface area contributed by atoms with Crippen LogP contribution < -0.4 is 5.69 Å². The molecule has 0 unspecified atom stereocenters. The lowest BCUT2D eigenvalue weighted by molar-refractivity contribution is -0.184. The zero-order chi connectivity index (χ0) is 19.9. The van der Waals surface area contributed by atoms with Crippen LogP contribution in [0, 0.1) is 11.8 Å². The van der Waals surface area contributed by atoms with Gasteiger partial charge in [0.15, 0.2) is 0 Å². The van der Waals surface area contributed by atoms with Gasteiger partial charge in [-0.3, -0.25) is 9.36 Å². The average Bonchev–Trinajstić information content (AvgIpc) is 3.30. The summed E-state index contributed by atoms with van der Waals surface area (Å²) in [5.74, 6) is -0.553. The first-order valence-corrected chi connectivity index (χ1v) is 10.4. The second kappa shape index (κ2) is 7.55. The molecule has 1 aromatic rings. The molecule has 6 nitrogen and oxygen atoms in total. The highest BCUT2D eigenvalue weighted by Crippen LogP contribution is 2.39. The van der Waals surface area contributed by atoms with E-state index in [0.717, 1.165) is 32.4 Å². The highest BCUT2D eigenvalue weighted by atomic mass is 19.4. The number of fused-ring (bicyclic) bond motifs is 1. The molecule has 1 aromatic heterocycles. The van der Waals surface area contributed by atoms with E-state index in [1.165, 1.54) is 4.68 Å². The van der Waals surface area contributed by atoms with Crippen molar-refractivity contribution in [2.45, 2.75) is 76.6 Å². The normalized spacial score (nSPS) is 28.4. The van der Waals surface area contributed by atoms with Crippen LogP contribution in [0.4, 0.5) is 13.2 Å². The Morgan fingerprint density at radius 3 is 2.36 bits per heavy atom. The standard InChI is InChI=1S/C19H27F3N4O2/c20-19(21,22)14-8-6-13(7-9-14)12-25-18(28)26-15(4-3-5-16(26)23-25)17(27)24-10-1-2-11-24/h13-15H,1-12H2/t13?,14?,15-/m1/s1. The Morgan fingerprint density at radius 1 is 1.04 bits per heavy atom.